The first-order valence-corrected chi connectivity index (χ1v) is 10.9. The molecule has 1 fully saturated rings. The maximum Gasteiger partial charge on any atom is 0.416 e. The van der Waals surface area contributed by atoms with Crippen LogP contribution in [0, 0.1) is 0 Å². The van der Waals surface area contributed by atoms with Crippen LogP contribution in [0.25, 0.3) is 10.8 Å². The van der Waals surface area contributed by atoms with E-state index in [4.69, 9.17) is 4.74 Å². The minimum atomic E-state index is -4.29. The van der Waals surface area contributed by atoms with Gasteiger partial charge in [0.1, 0.15) is 5.75 Å². The van der Waals surface area contributed by atoms with Crippen LogP contribution in [0.2, 0.25) is 0 Å². The highest BCUT2D eigenvalue weighted by atomic mass is 19.4. The first-order chi connectivity index (χ1) is 15.0. The molecule has 3 aromatic carbocycles. The summed E-state index contributed by atoms with van der Waals surface area (Å²) in [5, 5.41) is 2.32. The molecule has 1 heterocycles. The normalized spacial score (nSPS) is 15.4. The van der Waals surface area contributed by atoms with Gasteiger partial charge in [0.05, 0.1) is 44.9 Å². The van der Waals surface area contributed by atoms with E-state index in [0.29, 0.717) is 12.3 Å². The molecule has 0 saturated carbocycles. The molecule has 0 spiro atoms. The van der Waals surface area contributed by atoms with Crippen molar-refractivity contribution in [3.05, 3.63) is 72.3 Å². The van der Waals surface area contributed by atoms with E-state index in [9.17, 15) is 13.2 Å². The molecule has 0 aromatic heterocycles. The van der Waals surface area contributed by atoms with Crippen molar-refractivity contribution in [2.45, 2.75) is 19.0 Å². The lowest BCUT2D eigenvalue weighted by Crippen LogP contribution is -3.14. The predicted octanol–water partition coefficient (Wildman–Crippen LogP) is 4.42. The fourth-order valence-corrected chi connectivity index (χ4v) is 4.19. The zero-order valence-electron chi connectivity index (χ0n) is 17.5. The van der Waals surface area contributed by atoms with Gasteiger partial charge in [-0.05, 0) is 42.5 Å². The molecule has 1 N–H and O–H groups in total. The van der Waals surface area contributed by atoms with Crippen LogP contribution in [0.3, 0.4) is 0 Å². The third-order valence-electron chi connectivity index (χ3n) is 5.94. The third-order valence-corrected chi connectivity index (χ3v) is 5.94. The van der Waals surface area contributed by atoms with Crippen LogP contribution in [-0.4, -0.2) is 39.3 Å². The Morgan fingerprint density at radius 1 is 0.871 bits per heavy atom. The zero-order valence-corrected chi connectivity index (χ0v) is 17.5. The van der Waals surface area contributed by atoms with Crippen LogP contribution in [0.1, 0.15) is 18.4 Å². The summed E-state index contributed by atoms with van der Waals surface area (Å²) in [6, 6.07) is 20.0. The highest BCUT2D eigenvalue weighted by Gasteiger charge is 2.31. The summed E-state index contributed by atoms with van der Waals surface area (Å²) < 4.78 is 44.9. The van der Waals surface area contributed by atoms with Gasteiger partial charge in [0.15, 0.2) is 0 Å². The summed E-state index contributed by atoms with van der Waals surface area (Å²) in [5.74, 6) is 0.931. The number of hydrogen-bond donors (Lipinski definition) is 1. The molecule has 3 nitrogen and oxygen atoms in total. The summed E-state index contributed by atoms with van der Waals surface area (Å²) in [7, 11) is 0. The Morgan fingerprint density at radius 2 is 1.61 bits per heavy atom. The van der Waals surface area contributed by atoms with Crippen molar-refractivity contribution < 1.29 is 22.8 Å². The van der Waals surface area contributed by atoms with Crippen molar-refractivity contribution in [2.75, 3.05) is 44.2 Å². The SMILES string of the molecule is FC(F)(F)c1cccc(N2CC[NH+](CCCCOc3cccc4ccccc34)CC2)c1. The minimum Gasteiger partial charge on any atom is -0.493 e. The van der Waals surface area contributed by atoms with Gasteiger partial charge >= 0.3 is 6.18 Å². The monoisotopic (exact) mass is 429 g/mol. The molecule has 0 aliphatic carbocycles. The van der Waals surface area contributed by atoms with Gasteiger partial charge in [-0.3, -0.25) is 0 Å². The molecular formula is C25H28F3N2O+. The number of fused-ring (bicyclic) bond motifs is 1. The number of rotatable bonds is 7. The van der Waals surface area contributed by atoms with Crippen LogP contribution in [0.15, 0.2) is 66.7 Å². The van der Waals surface area contributed by atoms with Crippen LogP contribution in [-0.2, 0) is 6.18 Å². The summed E-state index contributed by atoms with van der Waals surface area (Å²) in [4.78, 5) is 3.57. The Hall–Kier alpha value is -2.73. The van der Waals surface area contributed by atoms with E-state index in [1.54, 1.807) is 6.07 Å². The van der Waals surface area contributed by atoms with Gasteiger partial charge in [-0.15, -0.1) is 0 Å². The molecule has 1 aliphatic rings. The number of anilines is 1. The smallest absolute Gasteiger partial charge is 0.416 e. The van der Waals surface area contributed by atoms with Gasteiger partial charge in [0.25, 0.3) is 0 Å². The summed E-state index contributed by atoms with van der Waals surface area (Å²) in [6.07, 6.45) is -2.23. The van der Waals surface area contributed by atoms with Gasteiger partial charge in [0.2, 0.25) is 0 Å². The van der Waals surface area contributed by atoms with E-state index >= 15 is 0 Å². The number of alkyl halides is 3. The van der Waals surface area contributed by atoms with Crippen molar-refractivity contribution in [3.8, 4) is 5.75 Å². The van der Waals surface area contributed by atoms with E-state index in [1.807, 2.05) is 24.3 Å². The lowest BCUT2D eigenvalue weighted by Gasteiger charge is -2.34. The maximum absolute atomic E-state index is 13.0. The average Bonchev–Trinajstić information content (AvgIpc) is 2.79. The topological polar surface area (TPSA) is 16.9 Å². The molecule has 3 aromatic rings. The molecule has 1 aliphatic heterocycles. The van der Waals surface area contributed by atoms with Gasteiger partial charge < -0.3 is 14.5 Å². The van der Waals surface area contributed by atoms with Gasteiger partial charge in [-0.25, -0.2) is 0 Å². The third kappa shape index (κ3) is 5.50. The number of quaternary nitrogens is 1. The number of nitrogens with one attached hydrogen (secondary N) is 1. The number of benzene rings is 3. The van der Waals surface area contributed by atoms with E-state index in [1.165, 1.54) is 22.4 Å². The summed E-state index contributed by atoms with van der Waals surface area (Å²) in [6.45, 7) is 5.21. The molecule has 0 amide bonds. The molecule has 31 heavy (non-hydrogen) atoms. The molecule has 0 radical (unpaired) electrons. The Balaban J connectivity index is 1.19. The van der Waals surface area contributed by atoms with Crippen LogP contribution in [0.5, 0.6) is 5.75 Å². The highest BCUT2D eigenvalue weighted by Crippen LogP contribution is 2.31. The van der Waals surface area contributed by atoms with Crippen LogP contribution in [0.4, 0.5) is 18.9 Å². The summed E-state index contributed by atoms with van der Waals surface area (Å²) >= 11 is 0. The van der Waals surface area contributed by atoms with Crippen molar-refractivity contribution in [1.29, 1.82) is 0 Å². The molecule has 4 rings (SSSR count). The van der Waals surface area contributed by atoms with Crippen molar-refractivity contribution in [1.82, 2.24) is 0 Å². The molecule has 0 unspecified atom stereocenters. The maximum atomic E-state index is 13.0. The van der Waals surface area contributed by atoms with Crippen LogP contribution >= 0.6 is 0 Å². The Bertz CT molecular complexity index is 992. The molecule has 164 valence electrons. The lowest BCUT2D eigenvalue weighted by atomic mass is 10.1. The number of nitrogens with zero attached hydrogens (tertiary/aromatic N) is 1. The Kier molecular flexibility index (Phi) is 6.66. The van der Waals surface area contributed by atoms with Crippen molar-refractivity contribution in [3.63, 3.8) is 0 Å². The lowest BCUT2D eigenvalue weighted by molar-refractivity contribution is -0.900. The highest BCUT2D eigenvalue weighted by molar-refractivity contribution is 5.88. The standard InChI is InChI=1S/C25H27F3N2O/c26-25(27,28)21-9-6-10-22(19-21)30-16-14-29(15-17-30)13-3-4-18-31-24-12-5-8-20-7-1-2-11-23(20)24/h1-2,5-12,19H,3-4,13-18H2/p+1. The quantitative estimate of drug-likeness (QED) is 0.560. The molecular weight excluding hydrogens is 401 g/mol. The molecule has 6 heteroatoms. The number of piperazine rings is 1. The van der Waals surface area contributed by atoms with Gasteiger partial charge in [0, 0.05) is 11.1 Å². The molecule has 1 saturated heterocycles. The minimum absolute atomic E-state index is 0.578. The molecule has 0 atom stereocenters. The molecule has 0 bridgehead atoms. The second-order valence-corrected chi connectivity index (χ2v) is 8.07. The number of hydrogen-bond acceptors (Lipinski definition) is 2. The van der Waals surface area contributed by atoms with Crippen LogP contribution < -0.4 is 14.5 Å². The second kappa shape index (κ2) is 9.60. The first-order valence-electron chi connectivity index (χ1n) is 10.9. The number of unbranched alkanes of at least 4 members (excludes halogenated alkanes) is 1. The van der Waals surface area contributed by atoms with E-state index in [2.05, 4.69) is 23.1 Å². The fourth-order valence-electron chi connectivity index (χ4n) is 4.19. The second-order valence-electron chi connectivity index (χ2n) is 8.07. The number of halogens is 3. The Morgan fingerprint density at radius 3 is 2.42 bits per heavy atom. The zero-order chi connectivity index (χ0) is 21.7. The van der Waals surface area contributed by atoms with E-state index < -0.39 is 11.7 Å². The van der Waals surface area contributed by atoms with Gasteiger partial charge in [-0.2, -0.15) is 13.2 Å². The number of ether oxygens (including phenoxy) is 1. The Labute approximate surface area is 181 Å². The van der Waals surface area contributed by atoms with E-state index in [0.717, 1.165) is 62.8 Å². The first kappa shape index (κ1) is 21.5. The van der Waals surface area contributed by atoms with Gasteiger partial charge in [-0.1, -0.05) is 42.5 Å². The van der Waals surface area contributed by atoms with E-state index in [-0.39, 0.29) is 0 Å². The average molecular weight is 430 g/mol. The van der Waals surface area contributed by atoms with Crippen molar-refractivity contribution in [2.24, 2.45) is 0 Å². The summed E-state index contributed by atoms with van der Waals surface area (Å²) in [5.41, 5.74) is 0.0864. The fraction of sp³-hybridized carbons (Fsp3) is 0.360. The van der Waals surface area contributed by atoms with Crippen molar-refractivity contribution >= 4 is 16.5 Å². The largest absolute Gasteiger partial charge is 0.493 e. The predicted molar refractivity (Wildman–Crippen MR) is 118 cm³/mol.